The highest BCUT2D eigenvalue weighted by Gasteiger charge is 2.45. The molecule has 2 aromatic carbocycles. The monoisotopic (exact) mass is 370 g/mol. The summed E-state index contributed by atoms with van der Waals surface area (Å²) < 4.78 is 23.2. The third-order valence-electron chi connectivity index (χ3n) is 4.37. The molecule has 2 aromatic rings. The molecule has 0 amide bonds. The first kappa shape index (κ1) is 19.7. The van der Waals surface area contributed by atoms with Crippen LogP contribution in [-0.4, -0.2) is 42.9 Å². The van der Waals surface area contributed by atoms with Gasteiger partial charge in [-0.3, -0.25) is 0 Å². The summed E-state index contributed by atoms with van der Waals surface area (Å²) in [4.78, 5) is 0. The highest BCUT2D eigenvalue weighted by molar-refractivity contribution is 5.14. The van der Waals surface area contributed by atoms with Crippen molar-refractivity contribution in [2.24, 2.45) is 0 Å². The number of aliphatic hydroxyl groups is 1. The van der Waals surface area contributed by atoms with Gasteiger partial charge in [0.05, 0.1) is 26.4 Å². The van der Waals surface area contributed by atoms with Crippen molar-refractivity contribution in [3.63, 3.8) is 0 Å². The van der Waals surface area contributed by atoms with Gasteiger partial charge in [0, 0.05) is 0 Å². The van der Waals surface area contributed by atoms with Crippen LogP contribution < -0.4 is 0 Å². The van der Waals surface area contributed by atoms with E-state index in [0.717, 1.165) is 11.1 Å². The Balaban J connectivity index is 1.56. The van der Waals surface area contributed by atoms with E-state index in [1.165, 1.54) is 0 Å². The van der Waals surface area contributed by atoms with Crippen LogP contribution >= 0.6 is 0 Å². The molecule has 0 saturated carbocycles. The molecule has 1 N–H and O–H groups in total. The zero-order valence-corrected chi connectivity index (χ0v) is 15.3. The minimum absolute atomic E-state index is 0.305. The van der Waals surface area contributed by atoms with Crippen molar-refractivity contribution in [3.8, 4) is 0 Å². The first-order valence-electron chi connectivity index (χ1n) is 9.11. The molecule has 1 aliphatic heterocycles. The Labute approximate surface area is 160 Å². The lowest BCUT2D eigenvalue weighted by atomic mass is 10.1. The van der Waals surface area contributed by atoms with E-state index in [4.69, 9.17) is 18.9 Å². The van der Waals surface area contributed by atoms with Crippen LogP contribution in [0.15, 0.2) is 73.3 Å². The molecule has 5 nitrogen and oxygen atoms in total. The van der Waals surface area contributed by atoms with Crippen molar-refractivity contribution in [2.45, 2.75) is 37.8 Å². The third kappa shape index (κ3) is 5.73. The van der Waals surface area contributed by atoms with Crippen molar-refractivity contribution in [2.75, 3.05) is 13.2 Å². The van der Waals surface area contributed by atoms with Gasteiger partial charge in [0.15, 0.2) is 6.29 Å². The summed E-state index contributed by atoms with van der Waals surface area (Å²) in [5.74, 6) is 0. The molecule has 3 rings (SSSR count). The van der Waals surface area contributed by atoms with Gasteiger partial charge in [0.1, 0.15) is 18.3 Å². The fourth-order valence-electron chi connectivity index (χ4n) is 3.03. The molecule has 0 unspecified atom stereocenters. The first-order chi connectivity index (χ1) is 13.3. The van der Waals surface area contributed by atoms with Crippen molar-refractivity contribution >= 4 is 0 Å². The van der Waals surface area contributed by atoms with Gasteiger partial charge in [-0.1, -0.05) is 66.7 Å². The Morgan fingerprint density at radius 3 is 2.15 bits per heavy atom. The number of benzene rings is 2. The average Bonchev–Trinajstić information content (AvgIpc) is 3.00. The van der Waals surface area contributed by atoms with Crippen LogP contribution in [0, 0.1) is 0 Å². The quantitative estimate of drug-likeness (QED) is 0.652. The average molecular weight is 370 g/mol. The van der Waals surface area contributed by atoms with Crippen molar-refractivity contribution in [1.82, 2.24) is 0 Å². The topological polar surface area (TPSA) is 57.2 Å². The van der Waals surface area contributed by atoms with E-state index in [1.54, 1.807) is 6.08 Å². The second kappa shape index (κ2) is 10.3. The summed E-state index contributed by atoms with van der Waals surface area (Å²) in [7, 11) is 0. The second-order valence-electron chi connectivity index (χ2n) is 6.41. The molecule has 4 atom stereocenters. The maximum absolute atomic E-state index is 10.3. The normalized spacial score (nSPS) is 24.8. The first-order valence-corrected chi connectivity index (χ1v) is 9.11. The van der Waals surface area contributed by atoms with Gasteiger partial charge < -0.3 is 24.1 Å². The summed E-state index contributed by atoms with van der Waals surface area (Å²) >= 11 is 0. The summed E-state index contributed by atoms with van der Waals surface area (Å²) in [6.07, 6.45) is -0.827. The summed E-state index contributed by atoms with van der Waals surface area (Å²) in [5, 5.41) is 10.3. The smallest absolute Gasteiger partial charge is 0.184 e. The Hall–Kier alpha value is -2.02. The Morgan fingerprint density at radius 1 is 0.889 bits per heavy atom. The molecule has 1 heterocycles. The number of rotatable bonds is 10. The van der Waals surface area contributed by atoms with Gasteiger partial charge >= 0.3 is 0 Å². The van der Waals surface area contributed by atoms with E-state index in [2.05, 4.69) is 6.58 Å². The highest BCUT2D eigenvalue weighted by Crippen LogP contribution is 2.27. The van der Waals surface area contributed by atoms with Crippen LogP contribution in [0.2, 0.25) is 0 Å². The maximum atomic E-state index is 10.3. The lowest BCUT2D eigenvalue weighted by Crippen LogP contribution is -2.39. The fourth-order valence-corrected chi connectivity index (χ4v) is 3.03. The number of aliphatic hydroxyl groups excluding tert-OH is 1. The zero-order chi connectivity index (χ0) is 18.9. The number of ether oxygens (including phenoxy) is 4. The molecule has 0 radical (unpaired) electrons. The summed E-state index contributed by atoms with van der Waals surface area (Å²) in [5.41, 5.74) is 2.10. The van der Waals surface area contributed by atoms with Crippen LogP contribution in [0.25, 0.3) is 0 Å². The van der Waals surface area contributed by atoms with Crippen LogP contribution in [0.5, 0.6) is 0 Å². The molecule has 0 aromatic heterocycles. The lowest BCUT2D eigenvalue weighted by Gasteiger charge is -2.23. The zero-order valence-electron chi connectivity index (χ0n) is 15.3. The standard InChI is InChI=1S/C22H26O5/c1-2-13-25-20-19(16-24-14-17-9-5-3-6-10-17)27-22(23)21(20)26-15-18-11-7-4-8-12-18/h2-12,19-23H,1,13-16H2/t19-,20-,21+,22-/m0/s1. The van der Waals surface area contributed by atoms with E-state index in [0.29, 0.717) is 26.4 Å². The summed E-state index contributed by atoms with van der Waals surface area (Å²) in [6, 6.07) is 19.7. The predicted molar refractivity (Wildman–Crippen MR) is 102 cm³/mol. The molecule has 1 fully saturated rings. The van der Waals surface area contributed by atoms with Gasteiger partial charge in [0.25, 0.3) is 0 Å². The minimum Gasteiger partial charge on any atom is -0.374 e. The Bertz CT molecular complexity index is 676. The molecular formula is C22H26O5. The molecule has 5 heteroatoms. The minimum atomic E-state index is -1.06. The predicted octanol–water partition coefficient (Wildman–Crippen LogP) is 3.08. The molecule has 144 valence electrons. The SMILES string of the molecule is C=CCO[C@@H]1[C@@H](OCc2ccccc2)[C@@H](O)O[C@H]1COCc1ccccc1. The molecule has 27 heavy (non-hydrogen) atoms. The Kier molecular flexibility index (Phi) is 7.56. The van der Waals surface area contributed by atoms with E-state index in [9.17, 15) is 5.11 Å². The van der Waals surface area contributed by atoms with Crippen LogP contribution in [0.3, 0.4) is 0 Å². The van der Waals surface area contributed by atoms with Crippen LogP contribution in [0.1, 0.15) is 11.1 Å². The summed E-state index contributed by atoms with van der Waals surface area (Å²) in [6.45, 7) is 5.18. The fraction of sp³-hybridized carbons (Fsp3) is 0.364. The lowest BCUT2D eigenvalue weighted by molar-refractivity contribution is -0.153. The second-order valence-corrected chi connectivity index (χ2v) is 6.41. The van der Waals surface area contributed by atoms with Crippen molar-refractivity contribution < 1.29 is 24.1 Å². The third-order valence-corrected chi connectivity index (χ3v) is 4.37. The van der Waals surface area contributed by atoms with Crippen LogP contribution in [-0.2, 0) is 32.2 Å². The van der Waals surface area contributed by atoms with Crippen molar-refractivity contribution in [3.05, 3.63) is 84.4 Å². The van der Waals surface area contributed by atoms with Crippen molar-refractivity contribution in [1.29, 1.82) is 0 Å². The molecular weight excluding hydrogens is 344 g/mol. The van der Waals surface area contributed by atoms with Gasteiger partial charge in [-0.15, -0.1) is 6.58 Å². The van der Waals surface area contributed by atoms with Gasteiger partial charge in [-0.25, -0.2) is 0 Å². The van der Waals surface area contributed by atoms with Gasteiger partial charge in [0.2, 0.25) is 0 Å². The van der Waals surface area contributed by atoms with E-state index in [-0.39, 0.29) is 0 Å². The molecule has 1 aliphatic rings. The molecule has 1 saturated heterocycles. The number of hydrogen-bond donors (Lipinski definition) is 1. The molecule has 0 bridgehead atoms. The van der Waals surface area contributed by atoms with Gasteiger partial charge in [-0.05, 0) is 11.1 Å². The van der Waals surface area contributed by atoms with E-state index in [1.807, 2.05) is 60.7 Å². The highest BCUT2D eigenvalue weighted by atomic mass is 16.7. The van der Waals surface area contributed by atoms with E-state index < -0.39 is 24.6 Å². The number of hydrogen-bond acceptors (Lipinski definition) is 5. The largest absolute Gasteiger partial charge is 0.374 e. The maximum Gasteiger partial charge on any atom is 0.184 e. The Morgan fingerprint density at radius 2 is 1.52 bits per heavy atom. The van der Waals surface area contributed by atoms with Gasteiger partial charge in [-0.2, -0.15) is 0 Å². The van der Waals surface area contributed by atoms with E-state index >= 15 is 0 Å². The molecule has 0 aliphatic carbocycles. The van der Waals surface area contributed by atoms with Crippen LogP contribution in [0.4, 0.5) is 0 Å². The molecule has 0 spiro atoms.